The van der Waals surface area contributed by atoms with Crippen molar-refractivity contribution in [2.24, 2.45) is 0 Å². The van der Waals surface area contributed by atoms with Crippen molar-refractivity contribution in [1.82, 2.24) is 0 Å². The van der Waals surface area contributed by atoms with Gasteiger partial charge in [-0.2, -0.15) is 13.2 Å². The zero-order valence-electron chi connectivity index (χ0n) is 8.48. The number of halogens is 4. The summed E-state index contributed by atoms with van der Waals surface area (Å²) in [4.78, 5) is 11.2. The molecule has 6 heteroatoms. The van der Waals surface area contributed by atoms with Crippen LogP contribution in [-0.4, -0.2) is 13.1 Å². The summed E-state index contributed by atoms with van der Waals surface area (Å²) in [6.45, 7) is 1.21. The minimum Gasteiger partial charge on any atom is -0.465 e. The highest BCUT2D eigenvalue weighted by molar-refractivity contribution is 6.34. The number of ether oxygens (including phenoxy) is 1. The van der Waals surface area contributed by atoms with Gasteiger partial charge in [0.05, 0.1) is 23.3 Å². The van der Waals surface area contributed by atoms with Crippen LogP contribution in [0.25, 0.3) is 0 Å². The molecule has 1 aromatic carbocycles. The SMILES string of the molecule is COC(=O)c1ccc(C(F)(F)F)c(C)c1Cl. The molecule has 16 heavy (non-hydrogen) atoms. The summed E-state index contributed by atoms with van der Waals surface area (Å²) >= 11 is 5.68. The van der Waals surface area contributed by atoms with E-state index in [-0.39, 0.29) is 16.1 Å². The lowest BCUT2D eigenvalue weighted by Crippen LogP contribution is -2.10. The summed E-state index contributed by atoms with van der Waals surface area (Å²) in [7, 11) is 1.13. The van der Waals surface area contributed by atoms with E-state index >= 15 is 0 Å². The van der Waals surface area contributed by atoms with Gasteiger partial charge in [0.25, 0.3) is 0 Å². The van der Waals surface area contributed by atoms with Gasteiger partial charge < -0.3 is 4.74 Å². The van der Waals surface area contributed by atoms with Crippen molar-refractivity contribution in [3.05, 3.63) is 33.8 Å². The minimum atomic E-state index is -4.48. The smallest absolute Gasteiger partial charge is 0.416 e. The van der Waals surface area contributed by atoms with E-state index in [2.05, 4.69) is 4.74 Å². The van der Waals surface area contributed by atoms with Gasteiger partial charge in [0.15, 0.2) is 0 Å². The third kappa shape index (κ3) is 2.29. The fourth-order valence-electron chi connectivity index (χ4n) is 1.26. The van der Waals surface area contributed by atoms with Gasteiger partial charge >= 0.3 is 12.1 Å². The Hall–Kier alpha value is -1.23. The number of benzene rings is 1. The molecule has 1 rings (SSSR count). The molecule has 2 nitrogen and oxygen atoms in total. The fourth-order valence-corrected chi connectivity index (χ4v) is 1.50. The van der Waals surface area contributed by atoms with Crippen LogP contribution in [0.5, 0.6) is 0 Å². The van der Waals surface area contributed by atoms with E-state index in [0.717, 1.165) is 19.2 Å². The van der Waals surface area contributed by atoms with Crippen LogP contribution in [0, 0.1) is 6.92 Å². The average Bonchev–Trinajstić information content (AvgIpc) is 2.19. The molecule has 0 unspecified atom stereocenters. The molecule has 0 aromatic heterocycles. The Labute approximate surface area is 95.0 Å². The topological polar surface area (TPSA) is 26.3 Å². The summed E-state index contributed by atoms with van der Waals surface area (Å²) in [6.07, 6.45) is -4.48. The maximum Gasteiger partial charge on any atom is 0.416 e. The first kappa shape index (κ1) is 12.8. The zero-order chi connectivity index (χ0) is 12.5. The number of rotatable bonds is 1. The van der Waals surface area contributed by atoms with E-state index in [9.17, 15) is 18.0 Å². The second kappa shape index (κ2) is 4.33. The maximum atomic E-state index is 12.5. The highest BCUT2D eigenvalue weighted by Gasteiger charge is 2.34. The first-order chi connectivity index (χ1) is 7.29. The Morgan fingerprint density at radius 3 is 2.38 bits per heavy atom. The largest absolute Gasteiger partial charge is 0.465 e. The molecule has 0 spiro atoms. The Bertz CT molecular complexity index is 427. The molecule has 0 aliphatic heterocycles. The lowest BCUT2D eigenvalue weighted by molar-refractivity contribution is -0.138. The lowest BCUT2D eigenvalue weighted by Gasteiger charge is -2.13. The normalized spacial score (nSPS) is 11.4. The first-order valence-electron chi connectivity index (χ1n) is 4.23. The van der Waals surface area contributed by atoms with Crippen LogP contribution in [-0.2, 0) is 10.9 Å². The summed E-state index contributed by atoms with van der Waals surface area (Å²) in [6, 6.07) is 1.82. The predicted molar refractivity (Wildman–Crippen MR) is 52.5 cm³/mol. The molecule has 0 heterocycles. The van der Waals surface area contributed by atoms with Crippen molar-refractivity contribution < 1.29 is 22.7 Å². The number of esters is 1. The van der Waals surface area contributed by atoms with Gasteiger partial charge in [0.1, 0.15) is 0 Å². The van der Waals surface area contributed by atoms with Crippen LogP contribution in [0.2, 0.25) is 5.02 Å². The molecule has 0 aliphatic carbocycles. The molecular weight excluding hydrogens is 245 g/mol. The standard InChI is InChI=1S/C10H8ClF3O2/c1-5-7(10(12,13)14)4-3-6(8(5)11)9(15)16-2/h3-4H,1-2H3. The summed E-state index contributed by atoms with van der Waals surface area (Å²) in [5, 5.41) is -0.235. The number of alkyl halides is 3. The number of hydrogen-bond donors (Lipinski definition) is 0. The van der Waals surface area contributed by atoms with E-state index in [0.29, 0.717) is 0 Å². The number of carbonyl (C=O) groups is 1. The molecule has 0 N–H and O–H groups in total. The number of methoxy groups -OCH3 is 1. The second-order valence-electron chi connectivity index (χ2n) is 3.09. The van der Waals surface area contributed by atoms with Gasteiger partial charge in [-0.3, -0.25) is 0 Å². The van der Waals surface area contributed by atoms with Crippen LogP contribution in [0.3, 0.4) is 0 Å². The van der Waals surface area contributed by atoms with Crippen molar-refractivity contribution in [1.29, 1.82) is 0 Å². The molecule has 1 aromatic rings. The lowest BCUT2D eigenvalue weighted by atomic mass is 10.0. The third-order valence-electron chi connectivity index (χ3n) is 2.10. The van der Waals surface area contributed by atoms with Gasteiger partial charge in [-0.15, -0.1) is 0 Å². The van der Waals surface area contributed by atoms with Gasteiger partial charge in [0.2, 0.25) is 0 Å². The van der Waals surface area contributed by atoms with Gasteiger partial charge in [-0.25, -0.2) is 4.79 Å². The van der Waals surface area contributed by atoms with E-state index in [4.69, 9.17) is 11.6 Å². The van der Waals surface area contributed by atoms with Crippen LogP contribution in [0.1, 0.15) is 21.5 Å². The van der Waals surface area contributed by atoms with E-state index < -0.39 is 17.7 Å². The minimum absolute atomic E-state index is 0.0744. The van der Waals surface area contributed by atoms with Crippen LogP contribution in [0.15, 0.2) is 12.1 Å². The van der Waals surface area contributed by atoms with Crippen LogP contribution < -0.4 is 0 Å². The zero-order valence-corrected chi connectivity index (χ0v) is 9.24. The van der Waals surface area contributed by atoms with Gasteiger partial charge in [-0.1, -0.05) is 11.6 Å². The Morgan fingerprint density at radius 2 is 1.94 bits per heavy atom. The molecule has 0 atom stereocenters. The van der Waals surface area contributed by atoms with E-state index in [1.54, 1.807) is 0 Å². The van der Waals surface area contributed by atoms with Crippen molar-refractivity contribution in [3.63, 3.8) is 0 Å². The molecule has 0 aliphatic rings. The van der Waals surface area contributed by atoms with E-state index in [1.807, 2.05) is 0 Å². The molecule has 0 radical (unpaired) electrons. The fraction of sp³-hybridized carbons (Fsp3) is 0.300. The summed E-state index contributed by atoms with van der Waals surface area (Å²) < 4.78 is 41.8. The predicted octanol–water partition coefficient (Wildman–Crippen LogP) is 3.45. The van der Waals surface area contributed by atoms with E-state index in [1.165, 1.54) is 6.92 Å². The first-order valence-corrected chi connectivity index (χ1v) is 4.61. The monoisotopic (exact) mass is 252 g/mol. The van der Waals surface area contributed by atoms with Crippen molar-refractivity contribution in [3.8, 4) is 0 Å². The van der Waals surface area contributed by atoms with Gasteiger partial charge in [-0.05, 0) is 24.6 Å². The number of carbonyl (C=O) groups excluding carboxylic acids is 1. The number of hydrogen-bond acceptors (Lipinski definition) is 2. The highest BCUT2D eigenvalue weighted by atomic mass is 35.5. The molecule has 0 fully saturated rings. The van der Waals surface area contributed by atoms with Gasteiger partial charge in [0, 0.05) is 0 Å². The summed E-state index contributed by atoms with van der Waals surface area (Å²) in [5.41, 5.74) is -1.11. The Morgan fingerprint density at radius 1 is 1.38 bits per heavy atom. The average molecular weight is 253 g/mol. The Balaban J connectivity index is 3.35. The molecule has 0 bridgehead atoms. The molecule has 0 amide bonds. The second-order valence-corrected chi connectivity index (χ2v) is 3.47. The van der Waals surface area contributed by atoms with Crippen molar-refractivity contribution in [2.75, 3.05) is 7.11 Å². The molecule has 88 valence electrons. The molecule has 0 saturated carbocycles. The van der Waals surface area contributed by atoms with Crippen molar-refractivity contribution >= 4 is 17.6 Å². The molecule has 0 saturated heterocycles. The maximum absolute atomic E-state index is 12.5. The third-order valence-corrected chi connectivity index (χ3v) is 2.58. The Kier molecular flexibility index (Phi) is 3.48. The quantitative estimate of drug-likeness (QED) is 0.716. The molecular formula is C10H8ClF3O2. The highest BCUT2D eigenvalue weighted by Crippen LogP contribution is 2.36. The summed E-state index contributed by atoms with van der Waals surface area (Å²) in [5.74, 6) is -0.762. The van der Waals surface area contributed by atoms with Crippen molar-refractivity contribution in [2.45, 2.75) is 13.1 Å². The van der Waals surface area contributed by atoms with Crippen LogP contribution >= 0.6 is 11.6 Å². The van der Waals surface area contributed by atoms with Crippen LogP contribution in [0.4, 0.5) is 13.2 Å².